The number of hydrogen-bond donors (Lipinski definition) is 2. The predicted octanol–water partition coefficient (Wildman–Crippen LogP) is 2.13. The largest absolute Gasteiger partial charge is 0.344 e. The zero-order chi connectivity index (χ0) is 17.3. The SMILES string of the molecule is Cl.N[C@@H]1CCC[C@H]1CC(=O)NC1CCN(c2c(F)cccc2F)C1=O. The van der Waals surface area contributed by atoms with Gasteiger partial charge in [0.25, 0.3) is 0 Å². The van der Waals surface area contributed by atoms with E-state index in [1.807, 2.05) is 0 Å². The number of amides is 2. The molecule has 2 fully saturated rings. The molecule has 2 amide bonds. The number of nitrogens with one attached hydrogen (secondary N) is 1. The van der Waals surface area contributed by atoms with Crippen LogP contribution in [0.4, 0.5) is 14.5 Å². The number of rotatable bonds is 4. The molecule has 5 nitrogen and oxygen atoms in total. The lowest BCUT2D eigenvalue weighted by molar-refractivity contribution is -0.127. The van der Waals surface area contributed by atoms with Crippen molar-refractivity contribution >= 4 is 29.9 Å². The molecule has 1 aliphatic carbocycles. The van der Waals surface area contributed by atoms with Crippen LogP contribution in [-0.2, 0) is 9.59 Å². The molecule has 0 spiro atoms. The van der Waals surface area contributed by atoms with E-state index in [4.69, 9.17) is 5.73 Å². The van der Waals surface area contributed by atoms with Crippen molar-refractivity contribution in [1.82, 2.24) is 5.32 Å². The molecule has 3 atom stereocenters. The van der Waals surface area contributed by atoms with Crippen molar-refractivity contribution in [2.75, 3.05) is 11.4 Å². The van der Waals surface area contributed by atoms with Crippen LogP contribution in [-0.4, -0.2) is 30.4 Å². The topological polar surface area (TPSA) is 75.4 Å². The Morgan fingerprint density at radius 3 is 2.52 bits per heavy atom. The monoisotopic (exact) mass is 373 g/mol. The summed E-state index contributed by atoms with van der Waals surface area (Å²) in [5.41, 5.74) is 5.61. The van der Waals surface area contributed by atoms with E-state index in [1.165, 1.54) is 6.07 Å². The van der Waals surface area contributed by atoms with E-state index in [2.05, 4.69) is 5.32 Å². The van der Waals surface area contributed by atoms with Crippen molar-refractivity contribution in [2.45, 2.75) is 44.2 Å². The number of hydrogen-bond acceptors (Lipinski definition) is 3. The lowest BCUT2D eigenvalue weighted by Crippen LogP contribution is -2.43. The Morgan fingerprint density at radius 2 is 1.92 bits per heavy atom. The Balaban J connectivity index is 0.00000225. The number of carbonyl (C=O) groups excluding carboxylic acids is 2. The van der Waals surface area contributed by atoms with Gasteiger partial charge in [0.15, 0.2) is 0 Å². The summed E-state index contributed by atoms with van der Waals surface area (Å²) in [6.45, 7) is 0.171. The Hall–Kier alpha value is -1.73. The van der Waals surface area contributed by atoms with Crippen LogP contribution in [0.25, 0.3) is 0 Å². The molecule has 1 aromatic rings. The molecule has 1 unspecified atom stereocenters. The highest BCUT2D eigenvalue weighted by molar-refractivity contribution is 6.01. The lowest BCUT2D eigenvalue weighted by atomic mass is 9.99. The third-order valence-corrected chi connectivity index (χ3v) is 4.91. The minimum absolute atomic E-state index is 0. The second-order valence-corrected chi connectivity index (χ2v) is 6.53. The minimum Gasteiger partial charge on any atom is -0.344 e. The molecule has 0 aromatic heterocycles. The fraction of sp³-hybridized carbons (Fsp3) is 0.529. The summed E-state index contributed by atoms with van der Waals surface area (Å²) in [5.74, 6) is -2.14. The minimum atomic E-state index is -0.785. The Bertz CT molecular complexity index is 639. The van der Waals surface area contributed by atoms with Gasteiger partial charge in [-0.2, -0.15) is 0 Å². The van der Waals surface area contributed by atoms with E-state index >= 15 is 0 Å². The van der Waals surface area contributed by atoms with E-state index in [1.54, 1.807) is 0 Å². The summed E-state index contributed by atoms with van der Waals surface area (Å²) in [6.07, 6.45) is 3.47. The molecular formula is C17H22ClF2N3O2. The van der Waals surface area contributed by atoms with Crippen LogP contribution >= 0.6 is 12.4 Å². The highest BCUT2D eigenvalue weighted by atomic mass is 35.5. The van der Waals surface area contributed by atoms with Gasteiger partial charge in [-0.15, -0.1) is 12.4 Å². The molecule has 1 saturated carbocycles. The molecule has 1 heterocycles. The van der Waals surface area contributed by atoms with Crippen molar-refractivity contribution < 1.29 is 18.4 Å². The van der Waals surface area contributed by atoms with Crippen LogP contribution in [0.2, 0.25) is 0 Å². The number of para-hydroxylation sites is 1. The van der Waals surface area contributed by atoms with Gasteiger partial charge in [0.2, 0.25) is 11.8 Å². The number of halogens is 3. The Labute approximate surface area is 151 Å². The molecule has 1 saturated heterocycles. The van der Waals surface area contributed by atoms with Gasteiger partial charge in [-0.25, -0.2) is 8.78 Å². The standard InChI is InChI=1S/C17H21F2N3O2.ClH/c18-11-4-2-5-12(19)16(11)22-8-7-14(17(22)24)21-15(23)9-10-3-1-6-13(10)20;/h2,4-5,10,13-14H,1,3,6-9,20H2,(H,21,23);1H/t10-,13+,14?;/m0./s1. The average Bonchev–Trinajstić information content (AvgIpc) is 3.08. The van der Waals surface area contributed by atoms with E-state index in [0.29, 0.717) is 12.8 Å². The number of benzene rings is 1. The quantitative estimate of drug-likeness (QED) is 0.849. The number of nitrogens with two attached hydrogens (primary N) is 1. The Kier molecular flexibility index (Phi) is 6.35. The van der Waals surface area contributed by atoms with Gasteiger partial charge >= 0.3 is 0 Å². The van der Waals surface area contributed by atoms with Crippen LogP contribution < -0.4 is 16.0 Å². The summed E-state index contributed by atoms with van der Waals surface area (Å²) in [4.78, 5) is 25.6. The summed E-state index contributed by atoms with van der Waals surface area (Å²) in [5, 5.41) is 2.68. The van der Waals surface area contributed by atoms with Crippen molar-refractivity contribution in [3.63, 3.8) is 0 Å². The van der Waals surface area contributed by atoms with Crippen LogP contribution in [0.5, 0.6) is 0 Å². The smallest absolute Gasteiger partial charge is 0.249 e. The molecule has 1 aromatic carbocycles. The van der Waals surface area contributed by atoms with Crippen LogP contribution in [0.1, 0.15) is 32.1 Å². The molecule has 3 rings (SSSR count). The van der Waals surface area contributed by atoms with Gasteiger partial charge in [-0.1, -0.05) is 12.5 Å². The Morgan fingerprint density at radius 1 is 1.24 bits per heavy atom. The van der Waals surface area contributed by atoms with E-state index in [9.17, 15) is 18.4 Å². The number of nitrogens with zero attached hydrogens (tertiary/aromatic N) is 1. The van der Waals surface area contributed by atoms with Gasteiger partial charge in [0, 0.05) is 19.0 Å². The lowest BCUT2D eigenvalue weighted by Gasteiger charge is -2.19. The summed E-state index contributed by atoms with van der Waals surface area (Å²) in [6, 6.07) is 2.75. The highest BCUT2D eigenvalue weighted by Gasteiger charge is 2.36. The predicted molar refractivity (Wildman–Crippen MR) is 92.4 cm³/mol. The molecule has 138 valence electrons. The molecule has 3 N–H and O–H groups in total. The molecule has 25 heavy (non-hydrogen) atoms. The van der Waals surface area contributed by atoms with Crippen molar-refractivity contribution in [1.29, 1.82) is 0 Å². The first-order chi connectivity index (χ1) is 11.5. The molecule has 1 aliphatic heterocycles. The van der Waals surface area contributed by atoms with Crippen LogP contribution in [0.3, 0.4) is 0 Å². The second kappa shape index (κ2) is 8.10. The normalized spacial score (nSPS) is 25.8. The third-order valence-electron chi connectivity index (χ3n) is 4.91. The molecule has 0 radical (unpaired) electrons. The highest BCUT2D eigenvalue weighted by Crippen LogP contribution is 2.29. The molecular weight excluding hydrogens is 352 g/mol. The van der Waals surface area contributed by atoms with Gasteiger partial charge in [0.05, 0.1) is 0 Å². The zero-order valence-corrected chi connectivity index (χ0v) is 14.5. The average molecular weight is 374 g/mol. The maximum atomic E-state index is 13.8. The van der Waals surface area contributed by atoms with E-state index < -0.39 is 23.6 Å². The fourth-order valence-corrected chi connectivity index (χ4v) is 3.59. The summed E-state index contributed by atoms with van der Waals surface area (Å²) >= 11 is 0. The van der Waals surface area contributed by atoms with Crippen molar-refractivity contribution in [2.24, 2.45) is 11.7 Å². The van der Waals surface area contributed by atoms with Crippen molar-refractivity contribution in [3.8, 4) is 0 Å². The van der Waals surface area contributed by atoms with E-state index in [0.717, 1.165) is 36.3 Å². The maximum absolute atomic E-state index is 13.8. The zero-order valence-electron chi connectivity index (χ0n) is 13.7. The number of carbonyl (C=O) groups is 2. The fourth-order valence-electron chi connectivity index (χ4n) is 3.59. The van der Waals surface area contributed by atoms with Crippen LogP contribution in [0.15, 0.2) is 18.2 Å². The summed E-state index contributed by atoms with van der Waals surface area (Å²) < 4.78 is 27.7. The van der Waals surface area contributed by atoms with Gasteiger partial charge in [-0.05, 0) is 37.3 Å². The number of anilines is 1. The second-order valence-electron chi connectivity index (χ2n) is 6.53. The molecule has 0 bridgehead atoms. The van der Waals surface area contributed by atoms with Gasteiger partial charge < -0.3 is 16.0 Å². The molecule has 2 aliphatic rings. The summed E-state index contributed by atoms with van der Waals surface area (Å²) in [7, 11) is 0. The maximum Gasteiger partial charge on any atom is 0.249 e. The first-order valence-electron chi connectivity index (χ1n) is 8.27. The van der Waals surface area contributed by atoms with E-state index in [-0.39, 0.29) is 42.5 Å². The third kappa shape index (κ3) is 4.10. The van der Waals surface area contributed by atoms with Gasteiger partial charge in [0.1, 0.15) is 23.4 Å². The first-order valence-corrected chi connectivity index (χ1v) is 8.27. The van der Waals surface area contributed by atoms with Crippen molar-refractivity contribution in [3.05, 3.63) is 29.8 Å². The molecule has 8 heteroatoms. The van der Waals surface area contributed by atoms with Crippen LogP contribution in [0, 0.1) is 17.6 Å². The first kappa shape index (κ1) is 19.6. The van der Waals surface area contributed by atoms with Gasteiger partial charge in [-0.3, -0.25) is 9.59 Å².